The molecule has 0 radical (unpaired) electrons. The molecule has 1 aromatic heterocycles. The van der Waals surface area contributed by atoms with Crippen molar-refractivity contribution in [1.29, 1.82) is 0 Å². The Bertz CT molecular complexity index is 449. The quantitative estimate of drug-likeness (QED) is 0.818. The second-order valence-electron chi connectivity index (χ2n) is 6.37. The lowest BCUT2D eigenvalue weighted by molar-refractivity contribution is 0.0137. The molecule has 3 fully saturated rings. The van der Waals surface area contributed by atoms with Gasteiger partial charge >= 0.3 is 0 Å². The Balaban J connectivity index is 1.41. The SMILES string of the molecule is c1cncc(CN2C[C@@H](OCC3CC3)[C@@H]3COC[C@@H]32)c1. The molecule has 4 heteroatoms. The molecule has 3 aliphatic rings. The third-order valence-corrected chi connectivity index (χ3v) is 4.81. The molecule has 0 amide bonds. The molecule has 0 aromatic carbocycles. The molecule has 0 bridgehead atoms. The average Bonchev–Trinajstić information content (AvgIpc) is 3.07. The number of aromatic nitrogens is 1. The molecule has 3 heterocycles. The average molecular weight is 274 g/mol. The summed E-state index contributed by atoms with van der Waals surface area (Å²) in [7, 11) is 0. The first kappa shape index (κ1) is 12.7. The number of rotatable bonds is 5. The van der Waals surface area contributed by atoms with Gasteiger partial charge in [-0.15, -0.1) is 0 Å². The molecular formula is C16H22N2O2. The van der Waals surface area contributed by atoms with Crippen molar-refractivity contribution in [1.82, 2.24) is 9.88 Å². The summed E-state index contributed by atoms with van der Waals surface area (Å²) in [6, 6.07) is 4.69. The maximum atomic E-state index is 6.17. The van der Waals surface area contributed by atoms with E-state index in [1.54, 1.807) is 0 Å². The molecule has 0 unspecified atom stereocenters. The van der Waals surface area contributed by atoms with Crippen LogP contribution in [0.4, 0.5) is 0 Å². The molecule has 4 nitrogen and oxygen atoms in total. The first-order valence-corrected chi connectivity index (χ1v) is 7.72. The van der Waals surface area contributed by atoms with Crippen LogP contribution in [0.3, 0.4) is 0 Å². The molecule has 0 spiro atoms. The van der Waals surface area contributed by atoms with Gasteiger partial charge in [0.2, 0.25) is 0 Å². The second-order valence-corrected chi connectivity index (χ2v) is 6.37. The lowest BCUT2D eigenvalue weighted by atomic mass is 10.0. The third kappa shape index (κ3) is 2.60. The van der Waals surface area contributed by atoms with Crippen molar-refractivity contribution in [3.8, 4) is 0 Å². The normalized spacial score (nSPS) is 33.5. The van der Waals surface area contributed by atoms with Gasteiger partial charge in [0.25, 0.3) is 0 Å². The van der Waals surface area contributed by atoms with E-state index in [9.17, 15) is 0 Å². The summed E-state index contributed by atoms with van der Waals surface area (Å²) < 4.78 is 11.9. The Labute approximate surface area is 120 Å². The Morgan fingerprint density at radius 3 is 3.10 bits per heavy atom. The summed E-state index contributed by atoms with van der Waals surface area (Å²) in [5.41, 5.74) is 1.28. The van der Waals surface area contributed by atoms with E-state index >= 15 is 0 Å². The summed E-state index contributed by atoms with van der Waals surface area (Å²) >= 11 is 0. The Morgan fingerprint density at radius 2 is 2.30 bits per heavy atom. The smallest absolute Gasteiger partial charge is 0.0768 e. The van der Waals surface area contributed by atoms with Gasteiger partial charge in [0.15, 0.2) is 0 Å². The molecule has 4 rings (SSSR count). The summed E-state index contributed by atoms with van der Waals surface area (Å²) in [5.74, 6) is 1.40. The molecule has 2 aliphatic heterocycles. The molecule has 108 valence electrons. The monoisotopic (exact) mass is 274 g/mol. The van der Waals surface area contributed by atoms with Gasteiger partial charge in [0.05, 0.1) is 19.3 Å². The standard InChI is InChI=1S/C16H22N2O2/c1-2-13(6-17-5-1)7-18-8-16(20-9-12-3-4-12)14-10-19-11-15(14)18/h1-2,5-6,12,14-16H,3-4,7-11H2/t14-,15+,16-/m1/s1. The molecule has 2 saturated heterocycles. The molecule has 3 atom stereocenters. The molecule has 0 N–H and O–H groups in total. The van der Waals surface area contributed by atoms with Gasteiger partial charge in [0.1, 0.15) is 0 Å². The summed E-state index contributed by atoms with van der Waals surface area (Å²) in [6.45, 7) is 4.67. The van der Waals surface area contributed by atoms with Gasteiger partial charge in [-0.05, 0) is 30.4 Å². The van der Waals surface area contributed by atoms with Gasteiger partial charge in [-0.1, -0.05) is 6.07 Å². The molecule has 1 aromatic rings. The maximum Gasteiger partial charge on any atom is 0.0768 e. The maximum absolute atomic E-state index is 6.17. The van der Waals surface area contributed by atoms with E-state index in [-0.39, 0.29) is 0 Å². The zero-order chi connectivity index (χ0) is 13.4. The Morgan fingerprint density at radius 1 is 1.35 bits per heavy atom. The van der Waals surface area contributed by atoms with Gasteiger partial charge in [-0.2, -0.15) is 0 Å². The molecule has 1 saturated carbocycles. The molecular weight excluding hydrogens is 252 g/mol. The summed E-state index contributed by atoms with van der Waals surface area (Å²) in [4.78, 5) is 6.73. The van der Waals surface area contributed by atoms with Crippen LogP contribution >= 0.6 is 0 Å². The van der Waals surface area contributed by atoms with E-state index < -0.39 is 0 Å². The van der Waals surface area contributed by atoms with Crippen LogP contribution in [0.2, 0.25) is 0 Å². The number of hydrogen-bond donors (Lipinski definition) is 0. The van der Waals surface area contributed by atoms with Gasteiger partial charge in [-0.3, -0.25) is 9.88 Å². The fraction of sp³-hybridized carbons (Fsp3) is 0.688. The van der Waals surface area contributed by atoms with Crippen molar-refractivity contribution in [3.63, 3.8) is 0 Å². The highest BCUT2D eigenvalue weighted by atomic mass is 16.5. The van der Waals surface area contributed by atoms with Gasteiger partial charge in [-0.25, -0.2) is 0 Å². The van der Waals surface area contributed by atoms with E-state index in [1.165, 1.54) is 18.4 Å². The number of pyridine rings is 1. The van der Waals surface area contributed by atoms with Crippen LogP contribution in [0.5, 0.6) is 0 Å². The van der Waals surface area contributed by atoms with Crippen molar-refractivity contribution in [3.05, 3.63) is 30.1 Å². The van der Waals surface area contributed by atoms with E-state index in [2.05, 4.69) is 16.0 Å². The minimum absolute atomic E-state index is 0.361. The highest BCUT2D eigenvalue weighted by Gasteiger charge is 2.46. The highest BCUT2D eigenvalue weighted by molar-refractivity contribution is 5.10. The van der Waals surface area contributed by atoms with Crippen LogP contribution in [0, 0.1) is 11.8 Å². The molecule has 20 heavy (non-hydrogen) atoms. The second kappa shape index (κ2) is 5.43. The van der Waals surface area contributed by atoms with Crippen LogP contribution in [0.15, 0.2) is 24.5 Å². The number of hydrogen-bond acceptors (Lipinski definition) is 4. The van der Waals surface area contributed by atoms with Crippen LogP contribution < -0.4 is 0 Å². The lowest BCUT2D eigenvalue weighted by Gasteiger charge is -2.21. The van der Waals surface area contributed by atoms with E-state index in [0.717, 1.165) is 38.8 Å². The zero-order valence-electron chi connectivity index (χ0n) is 11.8. The first-order valence-electron chi connectivity index (χ1n) is 7.72. The summed E-state index contributed by atoms with van der Waals surface area (Å²) in [6.07, 6.45) is 6.87. The predicted octanol–water partition coefficient (Wildman–Crippen LogP) is 1.71. The van der Waals surface area contributed by atoms with Crippen molar-refractivity contribution < 1.29 is 9.47 Å². The van der Waals surface area contributed by atoms with E-state index in [4.69, 9.17) is 9.47 Å². The highest BCUT2D eigenvalue weighted by Crippen LogP contribution is 2.35. The van der Waals surface area contributed by atoms with Crippen LogP contribution in [-0.4, -0.2) is 48.4 Å². The van der Waals surface area contributed by atoms with Crippen LogP contribution in [0.1, 0.15) is 18.4 Å². The third-order valence-electron chi connectivity index (χ3n) is 4.81. The van der Waals surface area contributed by atoms with Crippen molar-refractivity contribution in [2.45, 2.75) is 31.5 Å². The lowest BCUT2D eigenvalue weighted by Crippen LogP contribution is -2.32. The fourth-order valence-electron chi connectivity index (χ4n) is 3.42. The van der Waals surface area contributed by atoms with Gasteiger partial charge < -0.3 is 9.47 Å². The number of fused-ring (bicyclic) bond motifs is 1. The van der Waals surface area contributed by atoms with E-state index in [0.29, 0.717) is 18.1 Å². The minimum Gasteiger partial charge on any atom is -0.379 e. The minimum atomic E-state index is 0.361. The summed E-state index contributed by atoms with van der Waals surface area (Å²) in [5, 5.41) is 0. The van der Waals surface area contributed by atoms with Crippen molar-refractivity contribution >= 4 is 0 Å². The predicted molar refractivity (Wildman–Crippen MR) is 75.2 cm³/mol. The van der Waals surface area contributed by atoms with Crippen molar-refractivity contribution in [2.75, 3.05) is 26.4 Å². The zero-order valence-corrected chi connectivity index (χ0v) is 11.8. The van der Waals surface area contributed by atoms with Gasteiger partial charge in [0, 0.05) is 44.0 Å². The van der Waals surface area contributed by atoms with Crippen LogP contribution in [0.25, 0.3) is 0 Å². The molecule has 1 aliphatic carbocycles. The van der Waals surface area contributed by atoms with Crippen molar-refractivity contribution in [2.24, 2.45) is 11.8 Å². The number of ether oxygens (including phenoxy) is 2. The van der Waals surface area contributed by atoms with E-state index in [1.807, 2.05) is 18.5 Å². The first-order chi connectivity index (χ1) is 9.90. The largest absolute Gasteiger partial charge is 0.379 e. The van der Waals surface area contributed by atoms with Crippen LogP contribution in [-0.2, 0) is 16.0 Å². The number of likely N-dealkylation sites (tertiary alicyclic amines) is 1. The topological polar surface area (TPSA) is 34.6 Å². The fourth-order valence-corrected chi connectivity index (χ4v) is 3.42. The Kier molecular flexibility index (Phi) is 3.46. The number of nitrogens with zero attached hydrogens (tertiary/aromatic N) is 2. The Hall–Kier alpha value is -0.970.